The number of carbonyl (C=O) groups excluding carboxylic acids is 3. The van der Waals surface area contributed by atoms with Crippen LogP contribution in [-0.2, 0) is 24.0 Å². The molecule has 0 saturated heterocycles. The van der Waals surface area contributed by atoms with Gasteiger partial charge in [-0.3, -0.25) is 29.3 Å². The highest BCUT2D eigenvalue weighted by Gasteiger charge is 2.18. The van der Waals surface area contributed by atoms with E-state index in [0.717, 1.165) is 4.90 Å². The second-order valence-corrected chi connectivity index (χ2v) is 4.54. The number of nitrogens with one attached hydrogen (secondary N) is 3. The predicted octanol–water partition coefficient (Wildman–Crippen LogP) is -4.24. The van der Waals surface area contributed by atoms with Crippen molar-refractivity contribution in [3.8, 4) is 0 Å². The van der Waals surface area contributed by atoms with Gasteiger partial charge in [0, 0.05) is 13.1 Å². The van der Waals surface area contributed by atoms with E-state index in [9.17, 15) is 24.0 Å². The first-order chi connectivity index (χ1) is 11.3. The van der Waals surface area contributed by atoms with Crippen LogP contribution < -0.4 is 21.7 Å². The Morgan fingerprint density at radius 2 is 1.42 bits per heavy atom. The highest BCUT2D eigenvalue weighted by atomic mass is 16.4. The lowest BCUT2D eigenvalue weighted by Crippen LogP contribution is -2.46. The minimum Gasteiger partial charge on any atom is -0.480 e. The Labute approximate surface area is 137 Å². The summed E-state index contributed by atoms with van der Waals surface area (Å²) >= 11 is 0. The molecular weight excluding hydrogens is 326 g/mol. The number of carbonyl (C=O) groups is 5. The molecule has 0 aliphatic rings. The Kier molecular flexibility index (Phi) is 10.4. The summed E-state index contributed by atoms with van der Waals surface area (Å²) in [5.74, 6) is -4.09. The van der Waals surface area contributed by atoms with Crippen LogP contribution in [0.1, 0.15) is 0 Å². The molecule has 0 spiro atoms. The number of amides is 3. The summed E-state index contributed by atoms with van der Waals surface area (Å²) in [6.07, 6.45) is 0. The van der Waals surface area contributed by atoms with Crippen molar-refractivity contribution < 1.29 is 34.2 Å². The smallest absolute Gasteiger partial charge is 0.323 e. The summed E-state index contributed by atoms with van der Waals surface area (Å²) in [6.45, 7) is -1.91. The van der Waals surface area contributed by atoms with Gasteiger partial charge in [0.25, 0.3) is 0 Å². The molecule has 0 aliphatic heterocycles. The average molecular weight is 347 g/mol. The first-order valence-electron chi connectivity index (χ1n) is 6.91. The second-order valence-electron chi connectivity index (χ2n) is 4.54. The summed E-state index contributed by atoms with van der Waals surface area (Å²) < 4.78 is 0. The summed E-state index contributed by atoms with van der Waals surface area (Å²) in [5, 5.41) is 24.2. The van der Waals surface area contributed by atoms with Crippen molar-refractivity contribution in [2.75, 3.05) is 45.8 Å². The predicted molar refractivity (Wildman–Crippen MR) is 79.8 cm³/mol. The van der Waals surface area contributed by atoms with Crippen LogP contribution in [-0.4, -0.2) is 90.6 Å². The van der Waals surface area contributed by atoms with Crippen molar-refractivity contribution >= 4 is 29.7 Å². The molecule has 0 unspecified atom stereocenters. The monoisotopic (exact) mass is 347 g/mol. The van der Waals surface area contributed by atoms with Crippen LogP contribution in [0.4, 0.5) is 0 Å². The SMILES string of the molecule is NCC(=O)N(CC(=O)O)CC(=O)NCCNC(=O)CNCC(=O)O. The largest absolute Gasteiger partial charge is 0.480 e. The van der Waals surface area contributed by atoms with Gasteiger partial charge in [0.05, 0.1) is 19.6 Å². The van der Waals surface area contributed by atoms with E-state index in [1.165, 1.54) is 0 Å². The molecule has 12 heteroatoms. The molecule has 0 aliphatic carbocycles. The molecule has 0 radical (unpaired) electrons. The first kappa shape index (κ1) is 21.3. The lowest BCUT2D eigenvalue weighted by molar-refractivity contribution is -0.145. The molecule has 0 heterocycles. The van der Waals surface area contributed by atoms with Crippen LogP contribution in [0.25, 0.3) is 0 Å². The minimum atomic E-state index is -1.27. The number of nitrogens with zero attached hydrogens (tertiary/aromatic N) is 1. The molecule has 0 atom stereocenters. The van der Waals surface area contributed by atoms with Crippen molar-refractivity contribution in [3.63, 3.8) is 0 Å². The molecule has 0 bridgehead atoms. The van der Waals surface area contributed by atoms with E-state index >= 15 is 0 Å². The fraction of sp³-hybridized carbons (Fsp3) is 0.583. The van der Waals surface area contributed by atoms with Crippen LogP contribution in [0.15, 0.2) is 0 Å². The zero-order valence-electron chi connectivity index (χ0n) is 12.9. The Bertz CT molecular complexity index is 482. The molecule has 0 aromatic heterocycles. The summed E-state index contributed by atoms with van der Waals surface area (Å²) in [5.41, 5.74) is 5.13. The fourth-order valence-corrected chi connectivity index (χ4v) is 1.50. The van der Waals surface area contributed by atoms with E-state index < -0.39 is 49.3 Å². The molecule has 12 nitrogen and oxygen atoms in total. The molecule has 0 aromatic carbocycles. The van der Waals surface area contributed by atoms with Crippen LogP contribution in [0.2, 0.25) is 0 Å². The third kappa shape index (κ3) is 10.9. The van der Waals surface area contributed by atoms with E-state index in [4.69, 9.17) is 15.9 Å². The van der Waals surface area contributed by atoms with Gasteiger partial charge in [-0.15, -0.1) is 0 Å². The summed E-state index contributed by atoms with van der Waals surface area (Å²) in [4.78, 5) is 55.9. The molecule has 0 rings (SSSR count). The number of hydrogen-bond acceptors (Lipinski definition) is 7. The Morgan fingerprint density at radius 1 is 0.833 bits per heavy atom. The maximum Gasteiger partial charge on any atom is 0.323 e. The zero-order valence-corrected chi connectivity index (χ0v) is 12.9. The maximum absolute atomic E-state index is 11.6. The van der Waals surface area contributed by atoms with Gasteiger partial charge >= 0.3 is 11.9 Å². The normalized spacial score (nSPS) is 9.88. The minimum absolute atomic E-state index is 0.0568. The van der Waals surface area contributed by atoms with Gasteiger partial charge in [0.2, 0.25) is 17.7 Å². The molecule has 3 amide bonds. The van der Waals surface area contributed by atoms with E-state index in [0.29, 0.717) is 0 Å². The van der Waals surface area contributed by atoms with Gasteiger partial charge in [-0.2, -0.15) is 0 Å². The third-order valence-corrected chi connectivity index (χ3v) is 2.52. The lowest BCUT2D eigenvalue weighted by Gasteiger charge is -2.19. The van der Waals surface area contributed by atoms with Gasteiger partial charge in [-0.1, -0.05) is 0 Å². The van der Waals surface area contributed by atoms with E-state index in [-0.39, 0.29) is 26.2 Å². The molecular formula is C12H21N5O7. The molecule has 7 N–H and O–H groups in total. The maximum atomic E-state index is 11.6. The molecule has 24 heavy (non-hydrogen) atoms. The fourth-order valence-electron chi connectivity index (χ4n) is 1.50. The third-order valence-electron chi connectivity index (χ3n) is 2.52. The quantitative estimate of drug-likeness (QED) is 0.190. The molecule has 0 aromatic rings. The van der Waals surface area contributed by atoms with Crippen LogP contribution >= 0.6 is 0 Å². The Hall–Kier alpha value is -2.73. The van der Waals surface area contributed by atoms with Crippen LogP contribution in [0, 0.1) is 0 Å². The number of carboxylic acid groups (broad SMARTS) is 2. The van der Waals surface area contributed by atoms with Crippen molar-refractivity contribution in [1.82, 2.24) is 20.9 Å². The number of rotatable bonds is 12. The highest BCUT2D eigenvalue weighted by molar-refractivity contribution is 5.88. The highest BCUT2D eigenvalue weighted by Crippen LogP contribution is 1.89. The molecule has 136 valence electrons. The Morgan fingerprint density at radius 3 is 1.92 bits per heavy atom. The van der Waals surface area contributed by atoms with E-state index in [2.05, 4.69) is 16.0 Å². The number of aliphatic carboxylic acids is 2. The van der Waals surface area contributed by atoms with Gasteiger partial charge in [0.1, 0.15) is 13.1 Å². The zero-order chi connectivity index (χ0) is 18.5. The summed E-state index contributed by atoms with van der Waals surface area (Å²) in [6, 6.07) is 0. The molecule has 0 saturated carbocycles. The van der Waals surface area contributed by atoms with Crippen LogP contribution in [0.3, 0.4) is 0 Å². The standard InChI is InChI=1S/C12H21N5O7/c13-3-10(20)17(7-12(23)24)6-9(19)16-2-1-15-8(18)4-14-5-11(21)22/h14H,1-7,13H2,(H,15,18)(H,16,19)(H,21,22)(H,23,24). The van der Waals surface area contributed by atoms with Crippen molar-refractivity contribution in [2.45, 2.75) is 0 Å². The summed E-state index contributed by atoms with van der Waals surface area (Å²) in [7, 11) is 0. The number of carboxylic acids is 2. The van der Waals surface area contributed by atoms with Crippen molar-refractivity contribution in [2.24, 2.45) is 5.73 Å². The van der Waals surface area contributed by atoms with E-state index in [1.54, 1.807) is 0 Å². The van der Waals surface area contributed by atoms with Crippen molar-refractivity contribution in [1.29, 1.82) is 0 Å². The van der Waals surface area contributed by atoms with Gasteiger partial charge in [-0.25, -0.2) is 0 Å². The number of nitrogens with two attached hydrogens (primary N) is 1. The first-order valence-corrected chi connectivity index (χ1v) is 6.91. The van der Waals surface area contributed by atoms with Gasteiger partial charge in [-0.05, 0) is 0 Å². The second kappa shape index (κ2) is 11.8. The van der Waals surface area contributed by atoms with Gasteiger partial charge in [0.15, 0.2) is 0 Å². The van der Waals surface area contributed by atoms with Gasteiger partial charge < -0.3 is 31.5 Å². The van der Waals surface area contributed by atoms with Crippen molar-refractivity contribution in [3.05, 3.63) is 0 Å². The van der Waals surface area contributed by atoms with E-state index in [1.807, 2.05) is 0 Å². The molecule has 0 fully saturated rings. The lowest BCUT2D eigenvalue weighted by atomic mass is 10.4. The van der Waals surface area contributed by atoms with Crippen LogP contribution in [0.5, 0.6) is 0 Å². The average Bonchev–Trinajstić information content (AvgIpc) is 2.49. The number of hydrogen-bond donors (Lipinski definition) is 6. The topological polar surface area (TPSA) is 191 Å². The Balaban J connectivity index is 3.99.